The number of rotatable bonds is 2. The van der Waals surface area contributed by atoms with E-state index in [9.17, 15) is 0 Å². The van der Waals surface area contributed by atoms with Gasteiger partial charge in [0.25, 0.3) is 0 Å². The Morgan fingerprint density at radius 3 is 2.06 bits per heavy atom. The lowest BCUT2D eigenvalue weighted by molar-refractivity contribution is 1.14. The Kier molecular flexibility index (Phi) is 2.80. The van der Waals surface area contributed by atoms with Gasteiger partial charge in [-0.3, -0.25) is 4.98 Å². The molecule has 0 aliphatic rings. The summed E-state index contributed by atoms with van der Waals surface area (Å²) in [6.45, 7) is 0. The van der Waals surface area contributed by atoms with Crippen LogP contribution in [0.5, 0.6) is 0 Å². The summed E-state index contributed by atoms with van der Waals surface area (Å²) in [5.74, 6) is 0.650. The van der Waals surface area contributed by atoms with Crippen molar-refractivity contribution in [2.75, 3.05) is 0 Å². The Hall–Kier alpha value is -2.55. The fourth-order valence-electron chi connectivity index (χ4n) is 1.76. The van der Waals surface area contributed by atoms with Crippen LogP contribution in [0.1, 0.15) is 0 Å². The van der Waals surface area contributed by atoms with Gasteiger partial charge in [0, 0.05) is 24.2 Å². The van der Waals surface area contributed by atoms with E-state index in [1.807, 2.05) is 36.5 Å². The topological polar surface area (TPSA) is 38.7 Å². The first-order chi connectivity index (χ1) is 8.93. The molecule has 0 bridgehead atoms. The van der Waals surface area contributed by atoms with Crippen LogP contribution in [0.25, 0.3) is 22.6 Å². The zero-order valence-corrected chi connectivity index (χ0v) is 9.69. The van der Waals surface area contributed by atoms with Crippen molar-refractivity contribution in [2.24, 2.45) is 0 Å². The lowest BCUT2D eigenvalue weighted by Gasteiger charge is -2.02. The van der Waals surface area contributed by atoms with Gasteiger partial charge in [0.05, 0.1) is 0 Å². The van der Waals surface area contributed by atoms with Gasteiger partial charge in [-0.2, -0.15) is 0 Å². The van der Waals surface area contributed by atoms with Crippen LogP contribution in [0, 0.1) is 0 Å². The molecule has 0 spiro atoms. The third-order valence-corrected chi connectivity index (χ3v) is 2.67. The highest BCUT2D eigenvalue weighted by Crippen LogP contribution is 2.20. The normalized spacial score (nSPS) is 10.2. The van der Waals surface area contributed by atoms with E-state index in [0.29, 0.717) is 5.82 Å². The van der Waals surface area contributed by atoms with Gasteiger partial charge in [-0.1, -0.05) is 36.4 Å². The fraction of sp³-hybridized carbons (Fsp3) is 0. The molecule has 0 saturated heterocycles. The number of nitrogens with zero attached hydrogens (tertiary/aromatic N) is 3. The molecule has 0 radical (unpaired) electrons. The van der Waals surface area contributed by atoms with Gasteiger partial charge in [0.1, 0.15) is 5.69 Å². The maximum Gasteiger partial charge on any atom is 0.178 e. The van der Waals surface area contributed by atoms with Gasteiger partial charge in [-0.25, -0.2) is 9.97 Å². The van der Waals surface area contributed by atoms with E-state index < -0.39 is 0 Å². The molecule has 0 aliphatic carbocycles. The van der Waals surface area contributed by atoms with Crippen LogP contribution in [-0.2, 0) is 0 Å². The average Bonchev–Trinajstić information content (AvgIpc) is 2.49. The van der Waals surface area contributed by atoms with Crippen molar-refractivity contribution < 1.29 is 0 Å². The summed E-state index contributed by atoms with van der Waals surface area (Å²) in [5.41, 5.74) is 3.04. The fourth-order valence-corrected chi connectivity index (χ4v) is 1.76. The largest absolute Gasteiger partial charge is 0.252 e. The summed E-state index contributed by atoms with van der Waals surface area (Å²) < 4.78 is 0. The summed E-state index contributed by atoms with van der Waals surface area (Å²) in [6, 6.07) is 15.9. The number of hydrogen-bond donors (Lipinski definition) is 0. The molecule has 3 heteroatoms. The smallest absolute Gasteiger partial charge is 0.178 e. The molecule has 18 heavy (non-hydrogen) atoms. The lowest BCUT2D eigenvalue weighted by Crippen LogP contribution is -1.90. The van der Waals surface area contributed by atoms with E-state index >= 15 is 0 Å². The van der Waals surface area contributed by atoms with Gasteiger partial charge in [0.15, 0.2) is 5.82 Å². The quantitative estimate of drug-likeness (QED) is 0.682. The second-order valence-electron chi connectivity index (χ2n) is 3.87. The summed E-state index contributed by atoms with van der Waals surface area (Å²) in [4.78, 5) is 12.8. The number of hydrogen-bond acceptors (Lipinski definition) is 3. The first-order valence-electron chi connectivity index (χ1n) is 5.72. The van der Waals surface area contributed by atoms with Crippen molar-refractivity contribution in [3.63, 3.8) is 0 Å². The molecule has 0 atom stereocenters. The van der Waals surface area contributed by atoms with Crippen molar-refractivity contribution in [1.82, 2.24) is 15.0 Å². The molecule has 0 amide bonds. The standard InChI is InChI=1S/C15H11N3/c1-2-5-12(6-3-1)13-7-8-14(18-11-13)15-16-9-4-10-17-15/h1-11H. The zero-order valence-electron chi connectivity index (χ0n) is 9.69. The third-order valence-electron chi connectivity index (χ3n) is 2.67. The molecule has 0 fully saturated rings. The average molecular weight is 233 g/mol. The summed E-state index contributed by atoms with van der Waals surface area (Å²) in [5, 5.41) is 0. The highest BCUT2D eigenvalue weighted by atomic mass is 14.9. The molecule has 0 N–H and O–H groups in total. The Morgan fingerprint density at radius 2 is 1.39 bits per heavy atom. The SMILES string of the molecule is c1ccc(-c2ccc(-c3ncccn3)nc2)cc1. The van der Waals surface area contributed by atoms with Crippen LogP contribution in [-0.4, -0.2) is 15.0 Å². The zero-order chi connectivity index (χ0) is 12.2. The van der Waals surface area contributed by atoms with Crippen molar-refractivity contribution >= 4 is 0 Å². The molecule has 0 unspecified atom stereocenters. The van der Waals surface area contributed by atoms with Gasteiger partial charge in [-0.05, 0) is 17.7 Å². The van der Waals surface area contributed by atoms with Crippen molar-refractivity contribution in [1.29, 1.82) is 0 Å². The molecule has 3 aromatic rings. The molecular formula is C15H11N3. The van der Waals surface area contributed by atoms with E-state index in [-0.39, 0.29) is 0 Å². The molecule has 2 heterocycles. The van der Waals surface area contributed by atoms with Crippen LogP contribution < -0.4 is 0 Å². The maximum absolute atomic E-state index is 4.40. The minimum Gasteiger partial charge on any atom is -0.252 e. The minimum absolute atomic E-state index is 0.650. The molecule has 1 aromatic carbocycles. The van der Waals surface area contributed by atoms with Crippen LogP contribution >= 0.6 is 0 Å². The summed E-state index contributed by atoms with van der Waals surface area (Å²) in [6.07, 6.45) is 5.28. The highest BCUT2D eigenvalue weighted by Gasteiger charge is 2.02. The maximum atomic E-state index is 4.40. The Labute approximate surface area is 105 Å². The molecule has 2 aromatic heterocycles. The third kappa shape index (κ3) is 2.11. The highest BCUT2D eigenvalue weighted by molar-refractivity contribution is 5.64. The van der Waals surface area contributed by atoms with Gasteiger partial charge in [0.2, 0.25) is 0 Å². The van der Waals surface area contributed by atoms with E-state index in [2.05, 4.69) is 27.1 Å². The molecular weight excluding hydrogens is 222 g/mol. The first-order valence-corrected chi connectivity index (χ1v) is 5.72. The molecule has 0 saturated carbocycles. The second-order valence-corrected chi connectivity index (χ2v) is 3.87. The Balaban J connectivity index is 1.95. The predicted octanol–water partition coefficient (Wildman–Crippen LogP) is 3.21. The van der Waals surface area contributed by atoms with Crippen LogP contribution in [0.3, 0.4) is 0 Å². The van der Waals surface area contributed by atoms with Crippen molar-refractivity contribution in [2.45, 2.75) is 0 Å². The number of pyridine rings is 1. The van der Waals surface area contributed by atoms with Gasteiger partial charge in [-0.15, -0.1) is 0 Å². The summed E-state index contributed by atoms with van der Waals surface area (Å²) >= 11 is 0. The van der Waals surface area contributed by atoms with Crippen molar-refractivity contribution in [3.8, 4) is 22.6 Å². The number of benzene rings is 1. The van der Waals surface area contributed by atoms with Crippen LogP contribution in [0.15, 0.2) is 67.1 Å². The molecule has 0 aliphatic heterocycles. The lowest BCUT2D eigenvalue weighted by atomic mass is 10.1. The monoisotopic (exact) mass is 233 g/mol. The van der Waals surface area contributed by atoms with E-state index in [1.54, 1.807) is 18.5 Å². The summed E-state index contributed by atoms with van der Waals surface area (Å²) in [7, 11) is 0. The van der Waals surface area contributed by atoms with Crippen LogP contribution in [0.4, 0.5) is 0 Å². The minimum atomic E-state index is 0.650. The Bertz CT molecular complexity index is 560. The molecule has 3 nitrogen and oxygen atoms in total. The predicted molar refractivity (Wildman–Crippen MR) is 70.7 cm³/mol. The van der Waals surface area contributed by atoms with E-state index in [4.69, 9.17) is 0 Å². The Morgan fingerprint density at radius 1 is 0.611 bits per heavy atom. The van der Waals surface area contributed by atoms with Gasteiger partial charge < -0.3 is 0 Å². The number of aromatic nitrogens is 3. The van der Waals surface area contributed by atoms with Crippen LogP contribution in [0.2, 0.25) is 0 Å². The van der Waals surface area contributed by atoms with Crippen molar-refractivity contribution in [3.05, 3.63) is 67.1 Å². The van der Waals surface area contributed by atoms with E-state index in [0.717, 1.165) is 16.8 Å². The van der Waals surface area contributed by atoms with E-state index in [1.165, 1.54) is 0 Å². The molecule has 3 rings (SSSR count). The first kappa shape index (κ1) is 10.6. The van der Waals surface area contributed by atoms with Gasteiger partial charge >= 0.3 is 0 Å². The second kappa shape index (κ2) is 4.75. The molecule has 86 valence electrons.